The lowest BCUT2D eigenvalue weighted by atomic mass is 9.68. The summed E-state index contributed by atoms with van der Waals surface area (Å²) in [6, 6.07) is 0. The van der Waals surface area contributed by atoms with E-state index in [9.17, 15) is 5.11 Å². The zero-order valence-corrected chi connectivity index (χ0v) is 27.0. The number of fused-ring (bicyclic) bond motifs is 4. The van der Waals surface area contributed by atoms with Crippen LogP contribution in [0.1, 0.15) is 71.6 Å². The summed E-state index contributed by atoms with van der Waals surface area (Å²) in [7, 11) is 0. The fraction of sp³-hybridized carbons (Fsp3) is 0.550. The first-order valence-corrected chi connectivity index (χ1v) is 17.7. The van der Waals surface area contributed by atoms with Gasteiger partial charge in [0.2, 0.25) is 0 Å². The van der Waals surface area contributed by atoms with Gasteiger partial charge < -0.3 is 14.6 Å². The van der Waals surface area contributed by atoms with Gasteiger partial charge in [-0.25, -0.2) is 9.98 Å². The van der Waals surface area contributed by atoms with Crippen LogP contribution in [-0.2, 0) is 9.47 Å². The Morgan fingerprint density at radius 3 is 2.73 bits per heavy atom. The molecule has 1 N–H and O–H groups in total. The maximum atomic E-state index is 10.9. The Morgan fingerprint density at radius 1 is 1.02 bits per heavy atom. The molecule has 1 fully saturated rings. The molecule has 238 valence electrons. The highest BCUT2D eigenvalue weighted by molar-refractivity contribution is 6.12. The molecule has 5 nitrogen and oxygen atoms in total. The zero-order valence-electron chi connectivity index (χ0n) is 27.0. The van der Waals surface area contributed by atoms with Crippen molar-refractivity contribution >= 4 is 11.5 Å². The molecule has 0 radical (unpaired) electrons. The lowest BCUT2D eigenvalue weighted by Crippen LogP contribution is -2.35. The molecule has 45 heavy (non-hydrogen) atoms. The maximum absolute atomic E-state index is 10.9. The highest BCUT2D eigenvalue weighted by atomic mass is 16.5. The normalized spacial score (nSPS) is 37.1. The standard InChI is InChI=1S/C40H50N2O3/c1-3-5-13-26(4-2)25-44-38-24-34(41-40(42-38)31-18-11-12-19-35(31)43)33-23-37-39(30-17-10-9-16-29(30)33)32-21-20-28(22-36(32)45-37)27-14-7-6-8-15-27/h6-8,10-12,14,17-21,23,26-28,31-32,35-39,43H,3-5,9,13,15-16,22,24-25H2,1-2H3. The minimum absolute atomic E-state index is 0.0349. The Labute approximate surface area is 269 Å². The second-order valence-corrected chi connectivity index (χ2v) is 13.9. The van der Waals surface area contributed by atoms with E-state index in [2.05, 4.69) is 68.5 Å². The van der Waals surface area contributed by atoms with Crippen LogP contribution in [0.25, 0.3) is 0 Å². The van der Waals surface area contributed by atoms with Gasteiger partial charge in [0.15, 0.2) is 6.23 Å². The SMILES string of the molecule is CCCCC(CC)COC1CC(C2=CC3OC4CC(C5C=CC=CC5)C=CC4C3C3=C2CCC=C3)=NC(C2C=CC=CC2O)=N1. The van der Waals surface area contributed by atoms with Gasteiger partial charge in [-0.2, -0.15) is 0 Å². The van der Waals surface area contributed by atoms with E-state index in [0.717, 1.165) is 37.8 Å². The average Bonchev–Trinajstić information content (AvgIpc) is 3.46. The van der Waals surface area contributed by atoms with Crippen molar-refractivity contribution in [3.63, 3.8) is 0 Å². The number of aliphatic imine (C=N–C) groups is 2. The van der Waals surface area contributed by atoms with E-state index >= 15 is 0 Å². The summed E-state index contributed by atoms with van der Waals surface area (Å²) in [4.78, 5) is 10.3. The Kier molecular flexibility index (Phi) is 9.48. The molecule has 0 saturated carbocycles. The quantitative estimate of drug-likeness (QED) is 0.255. The molecule has 0 aromatic carbocycles. The Balaban J connectivity index is 1.17. The summed E-state index contributed by atoms with van der Waals surface area (Å²) >= 11 is 0. The van der Waals surface area contributed by atoms with Gasteiger partial charge in [-0.1, -0.05) is 106 Å². The van der Waals surface area contributed by atoms with Crippen LogP contribution in [0.5, 0.6) is 0 Å². The minimum Gasteiger partial charge on any atom is -0.388 e. The summed E-state index contributed by atoms with van der Waals surface area (Å²) in [6.45, 7) is 5.22. The molecule has 0 bridgehead atoms. The Morgan fingerprint density at radius 2 is 1.91 bits per heavy atom. The number of unbranched alkanes of at least 4 members (excludes halogenated alkanes) is 1. The third-order valence-corrected chi connectivity index (χ3v) is 11.1. The van der Waals surface area contributed by atoms with Crippen molar-refractivity contribution in [3.8, 4) is 0 Å². The van der Waals surface area contributed by atoms with E-state index in [4.69, 9.17) is 19.5 Å². The molecule has 5 heteroatoms. The second-order valence-electron chi connectivity index (χ2n) is 13.9. The number of nitrogens with zero attached hydrogens (tertiary/aromatic N) is 2. The molecular weight excluding hydrogens is 556 g/mol. The van der Waals surface area contributed by atoms with Crippen molar-refractivity contribution in [1.82, 2.24) is 0 Å². The van der Waals surface area contributed by atoms with Gasteiger partial charge in [0.25, 0.3) is 0 Å². The number of amidine groups is 1. The molecule has 10 unspecified atom stereocenters. The number of allylic oxidation sites excluding steroid dienone is 11. The van der Waals surface area contributed by atoms with E-state index in [-0.39, 0.29) is 24.4 Å². The minimum atomic E-state index is -0.641. The second kappa shape index (κ2) is 13.9. The number of aliphatic hydroxyl groups is 1. The number of hydrogen-bond donors (Lipinski definition) is 1. The van der Waals surface area contributed by atoms with Crippen LogP contribution < -0.4 is 0 Å². The molecule has 0 aromatic heterocycles. The smallest absolute Gasteiger partial charge is 0.155 e. The van der Waals surface area contributed by atoms with Crippen LogP contribution in [0, 0.1) is 35.5 Å². The Hall–Kier alpha value is -2.86. The van der Waals surface area contributed by atoms with Crippen molar-refractivity contribution in [2.75, 3.05) is 6.61 Å². The predicted octanol–water partition coefficient (Wildman–Crippen LogP) is 8.19. The van der Waals surface area contributed by atoms with Crippen molar-refractivity contribution < 1.29 is 14.6 Å². The van der Waals surface area contributed by atoms with Crippen LogP contribution >= 0.6 is 0 Å². The average molecular weight is 607 g/mol. The molecule has 2 aliphatic heterocycles. The predicted molar refractivity (Wildman–Crippen MR) is 183 cm³/mol. The highest BCUT2D eigenvalue weighted by Crippen LogP contribution is 2.51. The fourth-order valence-corrected chi connectivity index (χ4v) is 8.46. The first kappa shape index (κ1) is 30.8. The van der Waals surface area contributed by atoms with Crippen LogP contribution in [0.15, 0.2) is 106 Å². The van der Waals surface area contributed by atoms with E-state index in [0.29, 0.717) is 48.5 Å². The summed E-state index contributed by atoms with van der Waals surface area (Å²) in [6.07, 6.45) is 37.8. The van der Waals surface area contributed by atoms with Gasteiger partial charge in [0, 0.05) is 18.3 Å². The summed E-state index contributed by atoms with van der Waals surface area (Å²) in [5.41, 5.74) is 5.12. The molecule has 7 rings (SSSR count). The van der Waals surface area contributed by atoms with E-state index in [1.807, 2.05) is 24.3 Å². The molecule has 7 aliphatic rings. The Bertz CT molecular complexity index is 1420. The van der Waals surface area contributed by atoms with Gasteiger partial charge in [-0.15, -0.1) is 0 Å². The number of rotatable bonds is 10. The van der Waals surface area contributed by atoms with Gasteiger partial charge in [0.1, 0.15) is 5.84 Å². The van der Waals surface area contributed by atoms with E-state index < -0.39 is 6.10 Å². The van der Waals surface area contributed by atoms with Gasteiger partial charge >= 0.3 is 0 Å². The highest BCUT2D eigenvalue weighted by Gasteiger charge is 2.49. The number of hydrogen-bond acceptors (Lipinski definition) is 5. The zero-order chi connectivity index (χ0) is 30.8. The van der Waals surface area contributed by atoms with Crippen LogP contribution in [0.4, 0.5) is 0 Å². The van der Waals surface area contributed by atoms with Crippen molar-refractivity contribution in [2.24, 2.45) is 45.5 Å². The summed E-state index contributed by atoms with van der Waals surface area (Å²) in [5.74, 6) is 2.79. The molecule has 5 aliphatic carbocycles. The first-order chi connectivity index (χ1) is 22.1. The lowest BCUT2D eigenvalue weighted by molar-refractivity contribution is 0.0338. The van der Waals surface area contributed by atoms with Crippen molar-refractivity contribution in [1.29, 1.82) is 0 Å². The third-order valence-electron chi connectivity index (χ3n) is 11.1. The van der Waals surface area contributed by atoms with Crippen LogP contribution in [0.2, 0.25) is 0 Å². The molecule has 10 atom stereocenters. The molecule has 0 amide bonds. The monoisotopic (exact) mass is 606 g/mol. The molecule has 0 aromatic rings. The van der Waals surface area contributed by atoms with Gasteiger partial charge in [-0.3, -0.25) is 0 Å². The van der Waals surface area contributed by atoms with E-state index in [1.54, 1.807) is 0 Å². The van der Waals surface area contributed by atoms with Crippen LogP contribution in [-0.4, -0.2) is 47.8 Å². The lowest BCUT2D eigenvalue weighted by Gasteiger charge is -2.35. The fourth-order valence-electron chi connectivity index (χ4n) is 8.46. The summed E-state index contributed by atoms with van der Waals surface area (Å²) in [5, 5.41) is 10.9. The third kappa shape index (κ3) is 6.41. The first-order valence-electron chi connectivity index (χ1n) is 17.7. The largest absolute Gasteiger partial charge is 0.388 e. The topological polar surface area (TPSA) is 63.4 Å². The van der Waals surface area contributed by atoms with Crippen LogP contribution in [0.3, 0.4) is 0 Å². The number of ether oxygens (including phenoxy) is 2. The van der Waals surface area contributed by atoms with Gasteiger partial charge in [0.05, 0.1) is 36.5 Å². The molecule has 2 heterocycles. The van der Waals surface area contributed by atoms with Crippen molar-refractivity contribution in [2.45, 2.75) is 96.2 Å². The van der Waals surface area contributed by atoms with E-state index in [1.165, 1.54) is 36.0 Å². The molecule has 0 spiro atoms. The molecule has 1 saturated heterocycles. The maximum Gasteiger partial charge on any atom is 0.155 e. The summed E-state index contributed by atoms with van der Waals surface area (Å²) < 4.78 is 13.5. The van der Waals surface area contributed by atoms with Gasteiger partial charge in [-0.05, 0) is 72.7 Å². The van der Waals surface area contributed by atoms with Crippen molar-refractivity contribution in [3.05, 3.63) is 95.7 Å². The molecular formula is C40H50N2O3. The number of aliphatic hydroxyl groups excluding tert-OH is 1.